The Bertz CT molecular complexity index is 419. The Labute approximate surface area is 84.8 Å². The van der Waals surface area contributed by atoms with E-state index in [0.717, 1.165) is 4.90 Å². The van der Waals surface area contributed by atoms with Gasteiger partial charge in [0.05, 0.1) is 18.1 Å². The number of hydrogen-bond acceptors (Lipinski definition) is 3. The first kappa shape index (κ1) is 9.57. The molecule has 0 saturated carbocycles. The van der Waals surface area contributed by atoms with E-state index in [4.69, 9.17) is 0 Å². The van der Waals surface area contributed by atoms with E-state index in [0.29, 0.717) is 5.70 Å². The lowest BCUT2D eigenvalue weighted by Crippen LogP contribution is -2.23. The lowest BCUT2D eigenvalue weighted by molar-refractivity contribution is 0.0302. The first-order valence-electron chi connectivity index (χ1n) is 4.20. The third kappa shape index (κ3) is 1.78. The Hall–Kier alpha value is -1.98. The molecule has 0 N–H and O–H groups in total. The molecule has 6 heteroatoms. The van der Waals surface area contributed by atoms with Gasteiger partial charge in [-0.3, -0.25) is 4.90 Å². The number of rotatable bonds is 2. The Morgan fingerprint density at radius 3 is 2.47 bits per heavy atom. The number of alkyl halides is 2. The number of aromatic nitrogens is 3. The number of hydrogen-bond donors (Lipinski definition) is 0. The number of nitrogens with zero attached hydrogens (tertiary/aromatic N) is 4. The summed E-state index contributed by atoms with van der Waals surface area (Å²) in [6.07, 6.45) is 7.27. The standard InChI is InChI=1S/C9H8F2N4/c1-7-6-8(15-12-3-4-13-15)2-5-14(7)9(10)11/h2-6,9H,1H2. The van der Waals surface area contributed by atoms with Crippen LogP contribution in [0.15, 0.2) is 43.0 Å². The zero-order valence-electron chi connectivity index (χ0n) is 7.72. The smallest absolute Gasteiger partial charge is 0.292 e. The van der Waals surface area contributed by atoms with Crippen molar-refractivity contribution < 1.29 is 8.78 Å². The van der Waals surface area contributed by atoms with Gasteiger partial charge in [-0.15, -0.1) is 0 Å². The van der Waals surface area contributed by atoms with Gasteiger partial charge in [0, 0.05) is 11.9 Å². The summed E-state index contributed by atoms with van der Waals surface area (Å²) in [5.41, 5.74) is 0.807. The monoisotopic (exact) mass is 210 g/mol. The van der Waals surface area contributed by atoms with Crippen molar-refractivity contribution in [1.82, 2.24) is 19.9 Å². The van der Waals surface area contributed by atoms with Gasteiger partial charge in [0.2, 0.25) is 0 Å². The normalized spacial score (nSPS) is 16.1. The van der Waals surface area contributed by atoms with Crippen LogP contribution in [0.1, 0.15) is 0 Å². The van der Waals surface area contributed by atoms with E-state index in [1.54, 1.807) is 0 Å². The van der Waals surface area contributed by atoms with Gasteiger partial charge in [0.25, 0.3) is 0 Å². The Balaban J connectivity index is 2.24. The van der Waals surface area contributed by atoms with Gasteiger partial charge in [0.1, 0.15) is 0 Å². The van der Waals surface area contributed by atoms with Gasteiger partial charge in [0.15, 0.2) is 0 Å². The van der Waals surface area contributed by atoms with Crippen molar-refractivity contribution in [2.24, 2.45) is 0 Å². The summed E-state index contributed by atoms with van der Waals surface area (Å²) in [5.74, 6) is 0. The molecular formula is C9H8F2N4. The van der Waals surface area contributed by atoms with Crippen LogP contribution in [0.2, 0.25) is 0 Å². The fourth-order valence-corrected chi connectivity index (χ4v) is 1.21. The van der Waals surface area contributed by atoms with Crippen LogP contribution in [0.5, 0.6) is 0 Å². The average molecular weight is 210 g/mol. The summed E-state index contributed by atoms with van der Waals surface area (Å²) in [7, 11) is 0. The molecule has 0 bridgehead atoms. The summed E-state index contributed by atoms with van der Waals surface area (Å²) < 4.78 is 24.8. The molecule has 0 unspecified atom stereocenters. The van der Waals surface area contributed by atoms with Gasteiger partial charge in [-0.1, -0.05) is 6.58 Å². The molecule has 78 valence electrons. The molecular weight excluding hydrogens is 202 g/mol. The molecule has 0 atom stereocenters. The van der Waals surface area contributed by atoms with Crippen LogP contribution < -0.4 is 0 Å². The third-order valence-corrected chi connectivity index (χ3v) is 1.91. The fraction of sp³-hybridized carbons (Fsp3) is 0.111. The molecule has 0 amide bonds. The van der Waals surface area contributed by atoms with Crippen molar-refractivity contribution in [3.63, 3.8) is 0 Å². The maximum absolute atomic E-state index is 12.4. The van der Waals surface area contributed by atoms with E-state index in [9.17, 15) is 8.78 Å². The highest BCUT2D eigenvalue weighted by Crippen LogP contribution is 2.21. The summed E-state index contributed by atoms with van der Waals surface area (Å²) in [4.78, 5) is 2.11. The molecule has 0 radical (unpaired) electrons. The van der Waals surface area contributed by atoms with E-state index in [1.165, 1.54) is 35.5 Å². The maximum Gasteiger partial charge on any atom is 0.318 e. The Morgan fingerprint density at radius 2 is 1.93 bits per heavy atom. The van der Waals surface area contributed by atoms with Gasteiger partial charge < -0.3 is 0 Å². The lowest BCUT2D eigenvalue weighted by Gasteiger charge is -2.22. The van der Waals surface area contributed by atoms with Crippen molar-refractivity contribution in [2.75, 3.05) is 0 Å². The first-order valence-corrected chi connectivity index (χ1v) is 4.20. The lowest BCUT2D eigenvalue weighted by atomic mass is 10.2. The van der Waals surface area contributed by atoms with Crippen LogP contribution in [0, 0.1) is 0 Å². The highest BCUT2D eigenvalue weighted by Gasteiger charge is 2.17. The van der Waals surface area contributed by atoms with Gasteiger partial charge in [-0.25, -0.2) is 0 Å². The molecule has 1 aromatic rings. The topological polar surface area (TPSA) is 34.0 Å². The average Bonchev–Trinajstić information content (AvgIpc) is 2.69. The van der Waals surface area contributed by atoms with Crippen molar-refractivity contribution in [3.8, 4) is 0 Å². The van der Waals surface area contributed by atoms with E-state index in [1.807, 2.05) is 0 Å². The quantitative estimate of drug-likeness (QED) is 0.696. The molecule has 1 aliphatic heterocycles. The molecule has 1 aliphatic rings. The number of halogens is 2. The third-order valence-electron chi connectivity index (χ3n) is 1.91. The molecule has 0 spiro atoms. The van der Waals surface area contributed by atoms with Crippen LogP contribution in [0.3, 0.4) is 0 Å². The van der Waals surface area contributed by atoms with Gasteiger partial charge >= 0.3 is 6.55 Å². The second-order valence-electron chi connectivity index (χ2n) is 2.88. The summed E-state index contributed by atoms with van der Waals surface area (Å²) in [5, 5.41) is 7.77. The van der Waals surface area contributed by atoms with Crippen LogP contribution in [-0.4, -0.2) is 26.4 Å². The van der Waals surface area contributed by atoms with E-state index < -0.39 is 6.55 Å². The van der Waals surface area contributed by atoms with Gasteiger partial charge in [-0.05, 0) is 12.2 Å². The van der Waals surface area contributed by atoms with Gasteiger partial charge in [-0.2, -0.15) is 23.8 Å². The molecule has 4 nitrogen and oxygen atoms in total. The van der Waals surface area contributed by atoms with E-state index in [-0.39, 0.29) is 5.70 Å². The largest absolute Gasteiger partial charge is 0.318 e. The Morgan fingerprint density at radius 1 is 1.27 bits per heavy atom. The molecule has 2 heterocycles. The molecule has 15 heavy (non-hydrogen) atoms. The summed E-state index contributed by atoms with van der Waals surface area (Å²) in [6, 6.07) is 0. The SMILES string of the molecule is C=C1C=C(n2nccn2)C=CN1C(F)F. The second-order valence-corrected chi connectivity index (χ2v) is 2.88. The summed E-state index contributed by atoms with van der Waals surface area (Å²) in [6.45, 7) is 0.940. The van der Waals surface area contributed by atoms with Crippen molar-refractivity contribution in [3.05, 3.63) is 43.0 Å². The second kappa shape index (κ2) is 3.64. The summed E-state index contributed by atoms with van der Waals surface area (Å²) >= 11 is 0. The van der Waals surface area contributed by atoms with Crippen molar-refractivity contribution >= 4 is 5.70 Å². The van der Waals surface area contributed by atoms with Crippen LogP contribution in [0.25, 0.3) is 5.70 Å². The molecule has 0 saturated heterocycles. The highest BCUT2D eigenvalue weighted by atomic mass is 19.3. The van der Waals surface area contributed by atoms with Crippen molar-refractivity contribution in [2.45, 2.75) is 6.55 Å². The zero-order chi connectivity index (χ0) is 10.8. The molecule has 0 fully saturated rings. The molecule has 2 rings (SSSR count). The minimum Gasteiger partial charge on any atom is -0.292 e. The van der Waals surface area contributed by atoms with Crippen LogP contribution in [-0.2, 0) is 0 Å². The van der Waals surface area contributed by atoms with Crippen LogP contribution in [0.4, 0.5) is 8.78 Å². The van der Waals surface area contributed by atoms with Crippen LogP contribution >= 0.6 is 0 Å². The zero-order valence-corrected chi connectivity index (χ0v) is 7.72. The predicted molar refractivity (Wildman–Crippen MR) is 50.4 cm³/mol. The molecule has 0 aromatic carbocycles. The first-order chi connectivity index (χ1) is 7.18. The number of allylic oxidation sites excluding steroid dienone is 3. The Kier molecular flexibility index (Phi) is 2.32. The fourth-order valence-electron chi connectivity index (χ4n) is 1.21. The predicted octanol–water partition coefficient (Wildman–Crippen LogP) is 1.68. The van der Waals surface area contributed by atoms with E-state index >= 15 is 0 Å². The minimum atomic E-state index is -2.59. The highest BCUT2D eigenvalue weighted by molar-refractivity contribution is 5.60. The maximum atomic E-state index is 12.4. The molecule has 1 aromatic heterocycles. The molecule has 0 aliphatic carbocycles. The van der Waals surface area contributed by atoms with E-state index in [2.05, 4.69) is 16.8 Å². The minimum absolute atomic E-state index is 0.208. The van der Waals surface area contributed by atoms with Crippen molar-refractivity contribution in [1.29, 1.82) is 0 Å².